The average Bonchev–Trinajstić information content (AvgIpc) is 3.05. The van der Waals surface area contributed by atoms with Crippen LogP contribution in [0.2, 0.25) is 5.02 Å². The van der Waals surface area contributed by atoms with Crippen LogP contribution in [0.25, 0.3) is 0 Å². The van der Waals surface area contributed by atoms with E-state index in [2.05, 4.69) is 6.92 Å². The third-order valence-corrected chi connectivity index (χ3v) is 7.13. The Bertz CT molecular complexity index is 714. The Balaban J connectivity index is 1.81. The maximum Gasteiger partial charge on any atom is 0.243 e. The number of hydrogen-bond donors (Lipinski definition) is 0. The monoisotopic (exact) mass is 370 g/mol. The summed E-state index contributed by atoms with van der Waals surface area (Å²) in [7, 11) is -3.70. The standard InChI is InChI=1S/C17H23ClN2O3S/c1-13-7-10-19(11-8-13)17(21)16-6-3-9-20(16)24(22,23)15-5-2-4-14(18)12-15/h2,4-5,12-13,16H,3,6-11H2,1H3/t16-/m0/s1. The minimum absolute atomic E-state index is 0.0509. The molecule has 0 radical (unpaired) electrons. The lowest BCUT2D eigenvalue weighted by atomic mass is 9.98. The van der Waals surface area contributed by atoms with Crippen LogP contribution in [0.1, 0.15) is 32.6 Å². The summed E-state index contributed by atoms with van der Waals surface area (Å²) in [6, 6.07) is 5.65. The Kier molecular flexibility index (Phi) is 5.18. The first-order valence-corrected chi connectivity index (χ1v) is 10.3. The minimum Gasteiger partial charge on any atom is -0.341 e. The number of likely N-dealkylation sites (tertiary alicyclic amines) is 1. The van der Waals surface area contributed by atoms with Crippen LogP contribution in [0.15, 0.2) is 29.2 Å². The van der Waals surface area contributed by atoms with E-state index in [-0.39, 0.29) is 10.8 Å². The first-order valence-electron chi connectivity index (χ1n) is 8.46. The van der Waals surface area contributed by atoms with Crippen molar-refractivity contribution < 1.29 is 13.2 Å². The van der Waals surface area contributed by atoms with Crippen molar-refractivity contribution >= 4 is 27.5 Å². The van der Waals surface area contributed by atoms with E-state index >= 15 is 0 Å². The lowest BCUT2D eigenvalue weighted by Gasteiger charge is -2.34. The molecular formula is C17H23ClN2O3S. The Labute approximate surface area is 148 Å². The van der Waals surface area contributed by atoms with E-state index in [1.54, 1.807) is 12.1 Å². The molecule has 0 spiro atoms. The number of carbonyl (C=O) groups excluding carboxylic acids is 1. The van der Waals surface area contributed by atoms with Gasteiger partial charge in [0.25, 0.3) is 0 Å². The first-order chi connectivity index (χ1) is 11.4. The van der Waals surface area contributed by atoms with Crippen LogP contribution in [-0.2, 0) is 14.8 Å². The smallest absolute Gasteiger partial charge is 0.243 e. The van der Waals surface area contributed by atoms with Crippen molar-refractivity contribution in [2.24, 2.45) is 5.92 Å². The van der Waals surface area contributed by atoms with Crippen molar-refractivity contribution in [3.05, 3.63) is 29.3 Å². The highest BCUT2D eigenvalue weighted by Crippen LogP contribution is 2.29. The topological polar surface area (TPSA) is 57.7 Å². The van der Waals surface area contributed by atoms with E-state index in [1.165, 1.54) is 16.4 Å². The third kappa shape index (κ3) is 3.46. The van der Waals surface area contributed by atoms with Gasteiger partial charge in [-0.3, -0.25) is 4.79 Å². The molecule has 2 fully saturated rings. The molecule has 0 bridgehead atoms. The minimum atomic E-state index is -3.70. The predicted molar refractivity (Wildman–Crippen MR) is 93.3 cm³/mol. The maximum absolute atomic E-state index is 12.9. The molecule has 132 valence electrons. The Morgan fingerprint density at radius 2 is 1.88 bits per heavy atom. The van der Waals surface area contributed by atoms with Gasteiger partial charge in [0.05, 0.1) is 4.90 Å². The van der Waals surface area contributed by atoms with Gasteiger partial charge in [0.1, 0.15) is 6.04 Å². The van der Waals surface area contributed by atoms with Gasteiger partial charge in [-0.1, -0.05) is 24.6 Å². The van der Waals surface area contributed by atoms with Gasteiger partial charge >= 0.3 is 0 Å². The fraction of sp³-hybridized carbons (Fsp3) is 0.588. The molecule has 7 heteroatoms. The van der Waals surface area contributed by atoms with Crippen LogP contribution < -0.4 is 0 Å². The second kappa shape index (κ2) is 7.02. The Hall–Kier alpha value is -1.11. The molecule has 1 amide bonds. The van der Waals surface area contributed by atoms with Gasteiger partial charge in [0, 0.05) is 24.7 Å². The first kappa shape index (κ1) is 17.7. The zero-order valence-corrected chi connectivity index (χ0v) is 15.4. The van der Waals surface area contributed by atoms with E-state index in [1.807, 2.05) is 4.90 Å². The predicted octanol–water partition coefficient (Wildman–Crippen LogP) is 2.75. The fourth-order valence-corrected chi connectivity index (χ4v) is 5.43. The number of rotatable bonds is 3. The highest BCUT2D eigenvalue weighted by Gasteiger charge is 2.41. The van der Waals surface area contributed by atoms with Gasteiger partial charge in [-0.15, -0.1) is 0 Å². The summed E-state index contributed by atoms with van der Waals surface area (Å²) in [5.41, 5.74) is 0. The SMILES string of the molecule is CC1CCN(C(=O)[C@@H]2CCCN2S(=O)(=O)c2cccc(Cl)c2)CC1. The van der Waals surface area contributed by atoms with Gasteiger partial charge in [0.2, 0.25) is 15.9 Å². The number of sulfonamides is 1. The van der Waals surface area contributed by atoms with E-state index < -0.39 is 16.1 Å². The van der Waals surface area contributed by atoms with E-state index in [4.69, 9.17) is 11.6 Å². The summed E-state index contributed by atoms with van der Waals surface area (Å²) >= 11 is 5.93. The molecule has 0 aliphatic carbocycles. The highest BCUT2D eigenvalue weighted by atomic mass is 35.5. The summed E-state index contributed by atoms with van der Waals surface area (Å²) in [6.07, 6.45) is 3.27. The molecule has 0 unspecified atom stereocenters. The normalized spacial score (nSPS) is 23.6. The van der Waals surface area contributed by atoms with Crippen molar-refractivity contribution in [1.82, 2.24) is 9.21 Å². The number of halogens is 1. The number of nitrogens with zero attached hydrogens (tertiary/aromatic N) is 2. The number of amides is 1. The lowest BCUT2D eigenvalue weighted by molar-refractivity contribution is -0.135. The molecule has 2 aliphatic heterocycles. The summed E-state index contributed by atoms with van der Waals surface area (Å²) in [4.78, 5) is 14.8. The van der Waals surface area contributed by atoms with Gasteiger partial charge < -0.3 is 4.90 Å². The van der Waals surface area contributed by atoms with Crippen molar-refractivity contribution in [1.29, 1.82) is 0 Å². The van der Waals surface area contributed by atoms with Crippen molar-refractivity contribution in [2.75, 3.05) is 19.6 Å². The zero-order chi connectivity index (χ0) is 17.3. The van der Waals surface area contributed by atoms with Crippen LogP contribution in [0, 0.1) is 5.92 Å². The molecule has 1 atom stereocenters. The highest BCUT2D eigenvalue weighted by molar-refractivity contribution is 7.89. The Morgan fingerprint density at radius 1 is 1.17 bits per heavy atom. The van der Waals surface area contributed by atoms with E-state index in [0.717, 1.165) is 25.9 Å². The lowest BCUT2D eigenvalue weighted by Crippen LogP contribution is -2.49. The molecule has 2 saturated heterocycles. The summed E-state index contributed by atoms with van der Waals surface area (Å²) in [5.74, 6) is 0.578. The van der Waals surface area contributed by atoms with Gasteiger partial charge in [-0.05, 0) is 49.8 Å². The molecule has 0 aromatic heterocycles. The zero-order valence-electron chi connectivity index (χ0n) is 13.8. The summed E-state index contributed by atoms with van der Waals surface area (Å²) in [5, 5.41) is 0.378. The molecule has 2 aliphatic rings. The van der Waals surface area contributed by atoms with E-state index in [9.17, 15) is 13.2 Å². The summed E-state index contributed by atoms with van der Waals surface area (Å²) < 4.78 is 27.2. The number of hydrogen-bond acceptors (Lipinski definition) is 3. The molecule has 0 saturated carbocycles. The molecule has 2 heterocycles. The van der Waals surface area contributed by atoms with Crippen molar-refractivity contribution in [3.63, 3.8) is 0 Å². The summed E-state index contributed by atoms with van der Waals surface area (Å²) in [6.45, 7) is 4.02. The van der Waals surface area contributed by atoms with Crippen LogP contribution in [0.4, 0.5) is 0 Å². The molecule has 5 nitrogen and oxygen atoms in total. The van der Waals surface area contributed by atoms with Crippen LogP contribution in [0.5, 0.6) is 0 Å². The van der Waals surface area contributed by atoms with E-state index in [0.29, 0.717) is 30.3 Å². The molecule has 1 aromatic rings. The molecule has 24 heavy (non-hydrogen) atoms. The van der Waals surface area contributed by atoms with Crippen LogP contribution in [-0.4, -0.2) is 49.2 Å². The second-order valence-corrected chi connectivity index (χ2v) is 9.07. The van der Waals surface area contributed by atoms with Gasteiger partial charge in [-0.2, -0.15) is 4.31 Å². The van der Waals surface area contributed by atoms with Gasteiger partial charge in [-0.25, -0.2) is 8.42 Å². The molecule has 1 aromatic carbocycles. The fourth-order valence-electron chi connectivity index (χ4n) is 3.48. The maximum atomic E-state index is 12.9. The molecule has 3 rings (SSSR count). The number of benzene rings is 1. The van der Waals surface area contributed by atoms with Crippen LogP contribution in [0.3, 0.4) is 0 Å². The van der Waals surface area contributed by atoms with Crippen molar-refractivity contribution in [2.45, 2.75) is 43.5 Å². The van der Waals surface area contributed by atoms with Gasteiger partial charge in [0.15, 0.2) is 0 Å². The number of carbonyl (C=O) groups is 1. The molecule has 0 N–H and O–H groups in total. The third-order valence-electron chi connectivity index (χ3n) is 4.99. The average molecular weight is 371 g/mol. The molecular weight excluding hydrogens is 348 g/mol. The quantitative estimate of drug-likeness (QED) is 0.822. The Morgan fingerprint density at radius 3 is 2.54 bits per heavy atom. The largest absolute Gasteiger partial charge is 0.341 e. The number of piperidine rings is 1. The van der Waals surface area contributed by atoms with Crippen LogP contribution >= 0.6 is 11.6 Å². The van der Waals surface area contributed by atoms with Crippen molar-refractivity contribution in [3.8, 4) is 0 Å². The second-order valence-electron chi connectivity index (χ2n) is 6.74.